The molecule has 0 saturated carbocycles. The summed E-state index contributed by atoms with van der Waals surface area (Å²) in [4.78, 5) is 7.34. The van der Waals surface area contributed by atoms with E-state index in [1.165, 1.54) is 175 Å². The van der Waals surface area contributed by atoms with Crippen molar-refractivity contribution in [1.82, 2.24) is 18.3 Å². The molecule has 10 heterocycles. The van der Waals surface area contributed by atoms with Gasteiger partial charge in [0.15, 0.2) is 11.5 Å². The summed E-state index contributed by atoms with van der Waals surface area (Å²) in [5, 5.41) is 10.1. The third-order valence-electron chi connectivity index (χ3n) is 24.2. The van der Waals surface area contributed by atoms with Gasteiger partial charge in [-0.15, -0.1) is 0 Å². The van der Waals surface area contributed by atoms with E-state index in [0.717, 1.165) is 56.5 Å². The van der Waals surface area contributed by atoms with Gasteiger partial charge in [0.25, 0.3) is 13.4 Å². The Balaban J connectivity index is 0.643. The third kappa shape index (κ3) is 7.12. The van der Waals surface area contributed by atoms with Crippen LogP contribution in [0.3, 0.4) is 0 Å². The van der Waals surface area contributed by atoms with E-state index in [2.05, 4.69) is 356 Å². The highest BCUT2D eigenvalue weighted by Crippen LogP contribution is 2.56. The summed E-state index contributed by atoms with van der Waals surface area (Å²) in [6.45, 7) is -0.0297. The van der Waals surface area contributed by atoms with E-state index >= 15 is 0 Å². The van der Waals surface area contributed by atoms with Gasteiger partial charge < -0.3 is 32.8 Å². The van der Waals surface area contributed by atoms with E-state index in [9.17, 15) is 0 Å². The van der Waals surface area contributed by atoms with Crippen LogP contribution in [0.15, 0.2) is 337 Å². The van der Waals surface area contributed by atoms with Crippen LogP contribution in [0.1, 0.15) is 0 Å². The Morgan fingerprint density at radius 2 is 0.613 bits per heavy atom. The summed E-state index contributed by atoms with van der Waals surface area (Å²) in [7, 11) is 0. The van der Waals surface area contributed by atoms with Gasteiger partial charge in [-0.05, 0) is 182 Å². The highest BCUT2D eigenvalue weighted by Gasteiger charge is 2.44. The molecule has 0 fully saturated rings. The Morgan fingerprint density at radius 1 is 0.245 bits per heavy atom. The minimum Gasteiger partial charge on any atom is -0.452 e. The van der Waals surface area contributed by atoms with Crippen LogP contribution in [0, 0.1) is 0 Å². The van der Waals surface area contributed by atoms with Gasteiger partial charge in [0.2, 0.25) is 0 Å². The summed E-state index contributed by atoms with van der Waals surface area (Å²) in [6.07, 6.45) is 0. The predicted octanol–water partition coefficient (Wildman–Crippen LogP) is 20.9. The van der Waals surface area contributed by atoms with Crippen molar-refractivity contribution >= 4 is 179 Å². The van der Waals surface area contributed by atoms with Gasteiger partial charge in [-0.3, -0.25) is 0 Å². The molecule has 0 amide bonds. The van der Waals surface area contributed by atoms with Crippen LogP contribution in [0.4, 0.5) is 34.1 Å². The quantitative estimate of drug-likeness (QED) is 0.161. The first kappa shape index (κ1) is 56.2. The number of benzene rings is 16. The lowest BCUT2D eigenvalue weighted by molar-refractivity contribution is 0.479. The van der Waals surface area contributed by atoms with Gasteiger partial charge in [0, 0.05) is 115 Å². The van der Waals surface area contributed by atoms with Crippen LogP contribution in [0.25, 0.3) is 143 Å². The second-order valence-electron chi connectivity index (χ2n) is 29.4. The Morgan fingerprint density at radius 3 is 1.09 bits per heavy atom. The number of para-hydroxylation sites is 12. The summed E-state index contributed by atoms with van der Waals surface area (Å²) in [6, 6.07) is 123. The molecule has 0 saturated heterocycles. The zero-order chi connectivity index (χ0) is 68.5. The van der Waals surface area contributed by atoms with Gasteiger partial charge in [0.05, 0.1) is 44.8 Å². The average Bonchev–Trinajstić information content (AvgIpc) is 1.47. The maximum atomic E-state index is 7.37. The van der Waals surface area contributed by atoms with Crippen LogP contribution in [0.2, 0.25) is 0 Å². The van der Waals surface area contributed by atoms with Crippen molar-refractivity contribution in [2.24, 2.45) is 0 Å². The number of hydrogen-bond acceptors (Lipinski definition) is 4. The molecular formula is C96H54B2N6OS. The molecule has 0 bridgehead atoms. The largest absolute Gasteiger partial charge is 0.452 e. The molecule has 10 heteroatoms. The average molecular weight is 1360 g/mol. The summed E-state index contributed by atoms with van der Waals surface area (Å²) in [5.74, 6) is 1.63. The van der Waals surface area contributed by atoms with Crippen molar-refractivity contribution in [3.05, 3.63) is 328 Å². The van der Waals surface area contributed by atoms with Crippen LogP contribution in [-0.4, -0.2) is 31.7 Å². The maximum absolute atomic E-state index is 7.37. The fraction of sp³-hybridized carbons (Fsp3) is 0. The van der Waals surface area contributed by atoms with E-state index in [1.54, 1.807) is 0 Å². The summed E-state index contributed by atoms with van der Waals surface area (Å²) < 4.78 is 17.7. The van der Waals surface area contributed by atoms with E-state index in [1.807, 2.05) is 11.8 Å². The first-order valence-corrected chi connectivity index (χ1v) is 37.5. The van der Waals surface area contributed by atoms with Crippen molar-refractivity contribution in [1.29, 1.82) is 0 Å². The summed E-state index contributed by atoms with van der Waals surface area (Å²) in [5.41, 5.74) is 36.1. The first-order valence-electron chi connectivity index (χ1n) is 36.7. The van der Waals surface area contributed by atoms with E-state index in [4.69, 9.17) is 4.74 Å². The van der Waals surface area contributed by atoms with Gasteiger partial charge >= 0.3 is 0 Å². The number of aromatic nitrogens is 4. The molecule has 6 aliphatic heterocycles. The SMILES string of the molecule is c1ccc2c(c1)Oc1c(-c3cc4c5c(c3)c3ccccc3n5-c3cc(-c5ccc(N6c7ccccc7Sc7ccccc76)cc5)cc5c3B4c3cccc4c6ccccc6n-5c34)cccc1N2c1ccc(-c2cc3c4c(c2)-n2c5ccccc5c5cccc(c52)B4c2cccc4c5ccccc5n-3c24)cc1. The smallest absolute Gasteiger partial charge is 0.252 e. The molecule has 0 spiro atoms. The van der Waals surface area contributed by atoms with Crippen LogP contribution in [0.5, 0.6) is 11.5 Å². The lowest BCUT2D eigenvalue weighted by Gasteiger charge is -2.35. The normalized spacial score (nSPS) is 13.6. The highest BCUT2D eigenvalue weighted by atomic mass is 32.2. The minimum atomic E-state index is -0.0937. The minimum absolute atomic E-state index is 0.0639. The van der Waals surface area contributed by atoms with Crippen molar-refractivity contribution in [2.45, 2.75) is 9.79 Å². The molecule has 0 radical (unpaired) electrons. The molecule has 7 nitrogen and oxygen atoms in total. The van der Waals surface area contributed by atoms with E-state index < -0.39 is 0 Å². The molecular weight excluding hydrogens is 1310 g/mol. The Kier molecular flexibility index (Phi) is 10.7. The van der Waals surface area contributed by atoms with E-state index in [-0.39, 0.29) is 13.4 Å². The number of nitrogens with zero attached hydrogens (tertiary/aromatic N) is 6. The Bertz CT molecular complexity index is 7260. The molecule has 16 aromatic carbocycles. The standard InChI is InChI=1S/C96H54B2N6OS/c1-5-30-75-63(19-1)67-24-15-27-71-92(67)101(75)83-51-57(52-84-90(83)97(71)72-28-16-25-68-64-20-2-6-31-76(64)102(84)93(68)72)55-41-45-60(46-42-55)99-79-34-9-12-38-87(79)105-96-62(23-18-37-82(96)99)59-49-70-66-22-4-8-33-78(66)104-86-54-58(56-43-47-61(48-44-56)100-80-35-10-13-39-88(80)106-89-40-14-11-36-81(89)100)53-85-91(86)98(74(50-59)95(70)104)73-29-17-26-69-65-21-3-7-32-77(65)103(85)94(69)73/h1-54H. The van der Waals surface area contributed by atoms with Gasteiger partial charge in [0.1, 0.15) is 0 Å². The molecule has 6 aliphatic rings. The molecule has 26 rings (SSSR count). The number of rotatable bonds is 5. The number of ether oxygens (including phenoxy) is 1. The number of anilines is 6. The van der Waals surface area contributed by atoms with Crippen LogP contribution < -0.4 is 47.3 Å². The summed E-state index contributed by atoms with van der Waals surface area (Å²) >= 11 is 1.84. The molecule has 20 aromatic rings. The van der Waals surface area contributed by atoms with Gasteiger partial charge in [-0.1, -0.05) is 218 Å². The number of fused-ring (bicyclic) bond motifs is 24. The van der Waals surface area contributed by atoms with Crippen molar-refractivity contribution in [3.8, 4) is 67.6 Å². The molecule has 106 heavy (non-hydrogen) atoms. The molecule has 0 atom stereocenters. The van der Waals surface area contributed by atoms with Gasteiger partial charge in [-0.2, -0.15) is 0 Å². The highest BCUT2D eigenvalue weighted by molar-refractivity contribution is 7.99. The fourth-order valence-electron chi connectivity index (χ4n) is 20.1. The predicted molar refractivity (Wildman–Crippen MR) is 443 cm³/mol. The lowest BCUT2D eigenvalue weighted by atomic mass is 9.34. The molecule has 0 N–H and O–H groups in total. The maximum Gasteiger partial charge on any atom is 0.252 e. The van der Waals surface area contributed by atoms with Crippen molar-refractivity contribution in [3.63, 3.8) is 0 Å². The fourth-order valence-corrected chi connectivity index (χ4v) is 21.1. The third-order valence-corrected chi connectivity index (χ3v) is 25.4. The zero-order valence-electron chi connectivity index (χ0n) is 56.8. The van der Waals surface area contributed by atoms with E-state index in [0.29, 0.717) is 0 Å². The molecule has 0 aliphatic carbocycles. The van der Waals surface area contributed by atoms with Crippen molar-refractivity contribution in [2.75, 3.05) is 9.80 Å². The lowest BCUT2D eigenvalue weighted by Crippen LogP contribution is -2.59. The number of hydrogen-bond donors (Lipinski definition) is 0. The van der Waals surface area contributed by atoms with Gasteiger partial charge in [-0.25, -0.2) is 0 Å². The molecule has 486 valence electrons. The molecule has 4 aromatic heterocycles. The topological polar surface area (TPSA) is 35.4 Å². The zero-order valence-corrected chi connectivity index (χ0v) is 57.6. The van der Waals surface area contributed by atoms with Crippen molar-refractivity contribution < 1.29 is 4.74 Å². The second kappa shape index (κ2) is 20.3. The van der Waals surface area contributed by atoms with Crippen LogP contribution >= 0.6 is 11.8 Å². The monoisotopic (exact) mass is 1360 g/mol. The first-order chi connectivity index (χ1) is 52.6. The Hall–Kier alpha value is -13.4. The van der Waals surface area contributed by atoms with Crippen LogP contribution in [-0.2, 0) is 0 Å². The second-order valence-corrected chi connectivity index (χ2v) is 30.4. The Labute approximate surface area is 613 Å². The molecule has 0 unspecified atom stereocenters.